The smallest absolute Gasteiger partial charge is 0.271 e. The number of nitrogens with zero attached hydrogens (tertiary/aromatic N) is 2. The van der Waals surface area contributed by atoms with Gasteiger partial charge in [-0.05, 0) is 79.1 Å². The molecule has 1 aliphatic heterocycles. The second-order valence-corrected chi connectivity index (χ2v) is 7.38. The number of hydrazone groups is 1. The Bertz CT molecular complexity index is 1060. The molecular formula is C25H25N3O2. The van der Waals surface area contributed by atoms with Gasteiger partial charge in [-0.15, -0.1) is 0 Å². The molecule has 1 amide bonds. The topological polar surface area (TPSA) is 53.9 Å². The summed E-state index contributed by atoms with van der Waals surface area (Å²) in [7, 11) is 0. The van der Waals surface area contributed by atoms with Crippen LogP contribution in [0.1, 0.15) is 39.5 Å². The van der Waals surface area contributed by atoms with E-state index in [1.54, 1.807) is 6.21 Å². The first kappa shape index (κ1) is 19.7. The van der Waals surface area contributed by atoms with Crippen molar-refractivity contribution in [1.82, 2.24) is 5.43 Å². The predicted molar refractivity (Wildman–Crippen MR) is 120 cm³/mol. The van der Waals surface area contributed by atoms with Crippen LogP contribution in [-0.4, -0.2) is 18.7 Å². The summed E-state index contributed by atoms with van der Waals surface area (Å²) in [5.41, 5.74) is 9.00. The quantitative estimate of drug-likeness (QED) is 0.484. The van der Waals surface area contributed by atoms with Crippen LogP contribution in [0.4, 0.5) is 5.69 Å². The van der Waals surface area contributed by atoms with Crippen molar-refractivity contribution in [3.8, 4) is 5.75 Å². The molecular weight excluding hydrogens is 374 g/mol. The molecule has 5 heteroatoms. The molecule has 0 saturated carbocycles. The zero-order valence-corrected chi connectivity index (χ0v) is 17.3. The van der Waals surface area contributed by atoms with E-state index < -0.39 is 0 Å². The molecule has 152 valence electrons. The molecule has 4 rings (SSSR count). The van der Waals surface area contributed by atoms with E-state index in [-0.39, 0.29) is 5.91 Å². The average molecular weight is 399 g/mol. The van der Waals surface area contributed by atoms with Gasteiger partial charge in [-0.1, -0.05) is 23.8 Å². The lowest BCUT2D eigenvalue weighted by Crippen LogP contribution is -2.17. The van der Waals surface area contributed by atoms with Crippen molar-refractivity contribution in [3.63, 3.8) is 0 Å². The van der Waals surface area contributed by atoms with Gasteiger partial charge in [-0.25, -0.2) is 5.43 Å². The Kier molecular flexibility index (Phi) is 5.80. The summed E-state index contributed by atoms with van der Waals surface area (Å²) in [6.45, 7) is 6.33. The highest BCUT2D eigenvalue weighted by atomic mass is 16.5. The molecule has 30 heavy (non-hydrogen) atoms. The number of ether oxygens (including phenoxy) is 1. The van der Waals surface area contributed by atoms with Crippen LogP contribution in [-0.2, 0) is 13.1 Å². The highest BCUT2D eigenvalue weighted by Crippen LogP contribution is 2.29. The van der Waals surface area contributed by atoms with Gasteiger partial charge in [0.2, 0.25) is 0 Å². The minimum atomic E-state index is -0.214. The van der Waals surface area contributed by atoms with E-state index in [0.29, 0.717) is 12.2 Å². The number of hydrogen-bond donors (Lipinski definition) is 1. The molecule has 0 bridgehead atoms. The first-order valence-corrected chi connectivity index (χ1v) is 10.1. The number of fused-ring (bicyclic) bond motifs is 1. The summed E-state index contributed by atoms with van der Waals surface area (Å²) in [5, 5.41) is 4.08. The number of carbonyl (C=O) groups excluding carboxylic acids is 1. The van der Waals surface area contributed by atoms with Gasteiger partial charge in [0, 0.05) is 24.3 Å². The van der Waals surface area contributed by atoms with Crippen LogP contribution >= 0.6 is 0 Å². The zero-order chi connectivity index (χ0) is 20.9. The molecule has 1 N–H and O–H groups in total. The number of anilines is 1. The van der Waals surface area contributed by atoms with Crippen LogP contribution in [0.25, 0.3) is 0 Å². The third-order valence-electron chi connectivity index (χ3n) is 5.16. The summed E-state index contributed by atoms with van der Waals surface area (Å²) in [6.07, 6.45) is 1.63. The van der Waals surface area contributed by atoms with Crippen molar-refractivity contribution in [1.29, 1.82) is 0 Å². The fourth-order valence-electron chi connectivity index (χ4n) is 3.52. The van der Waals surface area contributed by atoms with Crippen molar-refractivity contribution in [2.75, 3.05) is 11.5 Å². The summed E-state index contributed by atoms with van der Waals surface area (Å²) in [4.78, 5) is 14.8. The Morgan fingerprint density at radius 3 is 2.50 bits per heavy atom. The van der Waals surface area contributed by atoms with Gasteiger partial charge >= 0.3 is 0 Å². The van der Waals surface area contributed by atoms with Gasteiger partial charge in [-0.2, -0.15) is 5.10 Å². The number of aryl methyl sites for hydroxylation is 1. The molecule has 0 aromatic heterocycles. The summed E-state index contributed by atoms with van der Waals surface area (Å²) in [6, 6.07) is 22.0. The van der Waals surface area contributed by atoms with Crippen molar-refractivity contribution < 1.29 is 9.53 Å². The van der Waals surface area contributed by atoms with Crippen molar-refractivity contribution in [3.05, 3.63) is 94.5 Å². The second kappa shape index (κ2) is 8.82. The average Bonchev–Trinajstić information content (AvgIpc) is 3.19. The fraction of sp³-hybridized carbons (Fsp3) is 0.200. The molecule has 0 radical (unpaired) electrons. The van der Waals surface area contributed by atoms with Crippen molar-refractivity contribution in [2.45, 2.75) is 26.9 Å². The number of carbonyl (C=O) groups is 1. The predicted octanol–water partition coefficient (Wildman–Crippen LogP) is 4.68. The highest BCUT2D eigenvalue weighted by Gasteiger charge is 2.20. The largest absolute Gasteiger partial charge is 0.494 e. The van der Waals surface area contributed by atoms with Gasteiger partial charge in [0.05, 0.1) is 12.8 Å². The lowest BCUT2D eigenvalue weighted by Gasteiger charge is -2.17. The maximum Gasteiger partial charge on any atom is 0.271 e. The van der Waals surface area contributed by atoms with E-state index in [0.717, 1.165) is 24.4 Å². The van der Waals surface area contributed by atoms with Crippen molar-refractivity contribution >= 4 is 17.8 Å². The molecule has 0 spiro atoms. The molecule has 0 fully saturated rings. The summed E-state index contributed by atoms with van der Waals surface area (Å²) < 4.78 is 5.42. The summed E-state index contributed by atoms with van der Waals surface area (Å²) in [5.74, 6) is 0.602. The third kappa shape index (κ3) is 4.51. The van der Waals surface area contributed by atoms with Gasteiger partial charge in [0.1, 0.15) is 5.75 Å². The van der Waals surface area contributed by atoms with E-state index in [1.165, 1.54) is 22.4 Å². The SMILES string of the molecule is CCOc1ccc(/C=N/NC(=O)c2ccc3c(c2)CN(c2ccc(C)cc2)C3)cc1. The minimum Gasteiger partial charge on any atom is -0.494 e. The van der Waals surface area contributed by atoms with Crippen LogP contribution in [0.5, 0.6) is 5.75 Å². The second-order valence-electron chi connectivity index (χ2n) is 7.38. The first-order valence-electron chi connectivity index (χ1n) is 10.1. The summed E-state index contributed by atoms with van der Waals surface area (Å²) >= 11 is 0. The Morgan fingerprint density at radius 2 is 1.77 bits per heavy atom. The van der Waals surface area contributed by atoms with Crippen LogP contribution < -0.4 is 15.1 Å². The molecule has 0 aliphatic carbocycles. The van der Waals surface area contributed by atoms with Crippen LogP contribution in [0.2, 0.25) is 0 Å². The first-order chi connectivity index (χ1) is 14.6. The number of amides is 1. The Morgan fingerprint density at radius 1 is 1.03 bits per heavy atom. The molecule has 1 heterocycles. The molecule has 1 aliphatic rings. The number of rotatable bonds is 6. The third-order valence-corrected chi connectivity index (χ3v) is 5.16. The molecule has 0 saturated heterocycles. The van der Waals surface area contributed by atoms with Crippen LogP contribution in [0.15, 0.2) is 71.8 Å². The minimum absolute atomic E-state index is 0.214. The Labute approximate surface area is 177 Å². The van der Waals surface area contributed by atoms with Gasteiger partial charge in [-0.3, -0.25) is 4.79 Å². The normalized spacial score (nSPS) is 12.8. The van der Waals surface area contributed by atoms with Gasteiger partial charge in [0.25, 0.3) is 5.91 Å². The molecule has 5 nitrogen and oxygen atoms in total. The van der Waals surface area contributed by atoms with E-state index in [2.05, 4.69) is 46.6 Å². The molecule has 0 atom stereocenters. The lowest BCUT2D eigenvalue weighted by molar-refractivity contribution is 0.0955. The molecule has 3 aromatic carbocycles. The van der Waals surface area contributed by atoms with Crippen LogP contribution in [0.3, 0.4) is 0 Å². The molecule has 3 aromatic rings. The maximum absolute atomic E-state index is 12.5. The maximum atomic E-state index is 12.5. The Hall–Kier alpha value is -3.60. The highest BCUT2D eigenvalue weighted by molar-refractivity contribution is 5.95. The van der Waals surface area contributed by atoms with E-state index in [4.69, 9.17) is 4.74 Å². The zero-order valence-electron chi connectivity index (χ0n) is 17.3. The fourth-order valence-corrected chi connectivity index (χ4v) is 3.52. The molecule has 0 unspecified atom stereocenters. The van der Waals surface area contributed by atoms with Crippen LogP contribution in [0, 0.1) is 6.92 Å². The van der Waals surface area contributed by atoms with E-state index >= 15 is 0 Å². The standard InChI is InChI=1S/C25H25N3O2/c1-3-30-24-12-6-19(7-13-24)15-26-27-25(29)20-8-9-21-16-28(17-22(21)14-20)23-10-4-18(2)5-11-23/h4-15H,3,16-17H2,1-2H3,(H,27,29)/b26-15+. The van der Waals surface area contributed by atoms with Crippen molar-refractivity contribution in [2.24, 2.45) is 5.10 Å². The van der Waals surface area contributed by atoms with Gasteiger partial charge < -0.3 is 9.64 Å². The van der Waals surface area contributed by atoms with E-state index in [9.17, 15) is 4.79 Å². The van der Waals surface area contributed by atoms with Gasteiger partial charge in [0.15, 0.2) is 0 Å². The number of hydrogen-bond acceptors (Lipinski definition) is 4. The lowest BCUT2D eigenvalue weighted by atomic mass is 10.1. The monoisotopic (exact) mass is 399 g/mol. The number of nitrogens with one attached hydrogen (secondary N) is 1. The number of benzene rings is 3. The van der Waals surface area contributed by atoms with E-state index in [1.807, 2.05) is 49.4 Å². The Balaban J connectivity index is 1.38.